The molecule has 0 aliphatic carbocycles. The third-order valence-electron chi connectivity index (χ3n) is 3.75. The molecule has 1 aromatic carbocycles. The van der Waals surface area contributed by atoms with Gasteiger partial charge < -0.3 is 9.30 Å². The van der Waals surface area contributed by atoms with Crippen LogP contribution in [0.15, 0.2) is 24.4 Å². The van der Waals surface area contributed by atoms with E-state index in [0.717, 1.165) is 41.9 Å². The summed E-state index contributed by atoms with van der Waals surface area (Å²) in [5.41, 5.74) is 1.12. The van der Waals surface area contributed by atoms with Gasteiger partial charge in [-0.15, -0.1) is 0 Å². The molecule has 1 aliphatic heterocycles. The van der Waals surface area contributed by atoms with E-state index < -0.39 is 0 Å². The number of rotatable bonds is 4. The first-order valence-electron chi connectivity index (χ1n) is 6.79. The topological polar surface area (TPSA) is 14.2 Å². The molecule has 2 aromatic rings. The molecule has 1 saturated heterocycles. The SMILES string of the molecule is Clc1cc(Cl)c2ccn(CCCC3CCCO3)c2c1. The number of fused-ring (bicyclic) bond motifs is 1. The van der Waals surface area contributed by atoms with Crippen molar-refractivity contribution in [1.29, 1.82) is 0 Å². The number of hydrogen-bond acceptors (Lipinski definition) is 1. The molecule has 19 heavy (non-hydrogen) atoms. The van der Waals surface area contributed by atoms with Crippen LogP contribution in [0, 0.1) is 0 Å². The highest BCUT2D eigenvalue weighted by Gasteiger charge is 2.15. The Hall–Kier alpha value is -0.700. The van der Waals surface area contributed by atoms with Crippen LogP contribution in [-0.2, 0) is 11.3 Å². The summed E-state index contributed by atoms with van der Waals surface area (Å²) in [5.74, 6) is 0. The number of nitrogens with zero attached hydrogens (tertiary/aromatic N) is 1. The Labute approximate surface area is 123 Å². The largest absolute Gasteiger partial charge is 0.378 e. The average Bonchev–Trinajstić information content (AvgIpc) is 2.99. The van der Waals surface area contributed by atoms with Crippen LogP contribution in [0.2, 0.25) is 10.0 Å². The standard InChI is InChI=1S/C15H17Cl2NO/c16-11-9-14(17)13-5-7-18(15(13)10-11)6-1-3-12-4-2-8-19-12/h5,7,9-10,12H,1-4,6,8H2. The highest BCUT2D eigenvalue weighted by Crippen LogP contribution is 2.29. The zero-order valence-electron chi connectivity index (χ0n) is 10.7. The fourth-order valence-corrected chi connectivity index (χ4v) is 3.32. The lowest BCUT2D eigenvalue weighted by Gasteiger charge is -2.10. The van der Waals surface area contributed by atoms with Crippen molar-refractivity contribution in [3.8, 4) is 0 Å². The Balaban J connectivity index is 1.70. The summed E-state index contributed by atoms with van der Waals surface area (Å²) in [6, 6.07) is 5.83. The Kier molecular flexibility index (Phi) is 4.01. The molecule has 102 valence electrons. The molecule has 0 saturated carbocycles. The smallest absolute Gasteiger partial charge is 0.0576 e. The number of halogens is 2. The number of hydrogen-bond donors (Lipinski definition) is 0. The molecule has 1 atom stereocenters. The maximum absolute atomic E-state index is 6.20. The van der Waals surface area contributed by atoms with Crippen molar-refractivity contribution < 1.29 is 4.74 Å². The molecule has 1 aromatic heterocycles. The van der Waals surface area contributed by atoms with Crippen molar-refractivity contribution in [2.24, 2.45) is 0 Å². The molecule has 4 heteroatoms. The first-order valence-corrected chi connectivity index (χ1v) is 7.55. The Morgan fingerprint density at radius 1 is 1.32 bits per heavy atom. The predicted octanol–water partition coefficient (Wildman–Crippen LogP) is 4.91. The van der Waals surface area contributed by atoms with E-state index in [1.807, 2.05) is 6.07 Å². The Morgan fingerprint density at radius 3 is 3.00 bits per heavy atom. The van der Waals surface area contributed by atoms with E-state index in [4.69, 9.17) is 27.9 Å². The van der Waals surface area contributed by atoms with Gasteiger partial charge in [0, 0.05) is 29.8 Å². The molecule has 1 aliphatic rings. The Bertz CT molecular complexity index is 573. The minimum atomic E-state index is 0.467. The molecule has 1 unspecified atom stereocenters. The number of benzene rings is 1. The van der Waals surface area contributed by atoms with E-state index in [-0.39, 0.29) is 0 Å². The number of aryl methyl sites for hydroxylation is 1. The lowest BCUT2D eigenvalue weighted by Crippen LogP contribution is -2.06. The summed E-state index contributed by atoms with van der Waals surface area (Å²) in [6.07, 6.45) is 7.23. The van der Waals surface area contributed by atoms with Gasteiger partial charge in [-0.2, -0.15) is 0 Å². The van der Waals surface area contributed by atoms with Gasteiger partial charge in [0.1, 0.15) is 0 Å². The lowest BCUT2D eigenvalue weighted by molar-refractivity contribution is 0.101. The maximum Gasteiger partial charge on any atom is 0.0576 e. The molecule has 0 spiro atoms. The Morgan fingerprint density at radius 2 is 2.21 bits per heavy atom. The van der Waals surface area contributed by atoms with E-state index in [1.54, 1.807) is 6.07 Å². The number of aromatic nitrogens is 1. The van der Waals surface area contributed by atoms with Crippen LogP contribution in [0.3, 0.4) is 0 Å². The molecular weight excluding hydrogens is 281 g/mol. The van der Waals surface area contributed by atoms with Crippen molar-refractivity contribution in [2.45, 2.75) is 38.3 Å². The van der Waals surface area contributed by atoms with Crippen molar-refractivity contribution >= 4 is 34.1 Å². The minimum absolute atomic E-state index is 0.467. The van der Waals surface area contributed by atoms with E-state index >= 15 is 0 Å². The summed E-state index contributed by atoms with van der Waals surface area (Å²) in [7, 11) is 0. The normalized spacial score (nSPS) is 19.4. The molecule has 2 nitrogen and oxygen atoms in total. The van der Waals surface area contributed by atoms with Crippen LogP contribution in [0.25, 0.3) is 10.9 Å². The van der Waals surface area contributed by atoms with E-state index in [1.165, 1.54) is 12.8 Å². The zero-order valence-corrected chi connectivity index (χ0v) is 12.3. The summed E-state index contributed by atoms with van der Waals surface area (Å²) in [5, 5.41) is 2.49. The molecule has 3 rings (SSSR count). The van der Waals surface area contributed by atoms with Crippen molar-refractivity contribution in [3.63, 3.8) is 0 Å². The van der Waals surface area contributed by atoms with Crippen molar-refractivity contribution in [2.75, 3.05) is 6.61 Å². The molecular formula is C15H17Cl2NO. The number of ether oxygens (including phenoxy) is 1. The van der Waals surface area contributed by atoms with Crippen LogP contribution >= 0.6 is 23.2 Å². The summed E-state index contributed by atoms with van der Waals surface area (Å²) in [6.45, 7) is 1.92. The summed E-state index contributed by atoms with van der Waals surface area (Å²) < 4.78 is 7.87. The monoisotopic (exact) mass is 297 g/mol. The van der Waals surface area contributed by atoms with Gasteiger partial charge in [0.25, 0.3) is 0 Å². The second-order valence-electron chi connectivity index (χ2n) is 5.11. The first-order chi connectivity index (χ1) is 9.24. The minimum Gasteiger partial charge on any atom is -0.378 e. The first kappa shape index (κ1) is 13.3. The quantitative estimate of drug-likeness (QED) is 0.782. The van der Waals surface area contributed by atoms with Gasteiger partial charge in [-0.25, -0.2) is 0 Å². The molecule has 1 fully saturated rings. The van der Waals surface area contributed by atoms with E-state index in [9.17, 15) is 0 Å². The average molecular weight is 298 g/mol. The predicted molar refractivity (Wildman–Crippen MR) is 80.2 cm³/mol. The van der Waals surface area contributed by atoms with Crippen LogP contribution < -0.4 is 0 Å². The van der Waals surface area contributed by atoms with Crippen molar-refractivity contribution in [1.82, 2.24) is 4.57 Å². The molecule has 0 N–H and O–H groups in total. The van der Waals surface area contributed by atoms with Gasteiger partial charge >= 0.3 is 0 Å². The molecule has 2 heterocycles. The second kappa shape index (κ2) is 5.74. The third kappa shape index (κ3) is 2.91. The van der Waals surface area contributed by atoms with Gasteiger partial charge in [0.2, 0.25) is 0 Å². The highest BCUT2D eigenvalue weighted by atomic mass is 35.5. The van der Waals surface area contributed by atoms with Gasteiger partial charge in [0.15, 0.2) is 0 Å². The van der Waals surface area contributed by atoms with Crippen LogP contribution in [-0.4, -0.2) is 17.3 Å². The van der Waals surface area contributed by atoms with Gasteiger partial charge in [-0.1, -0.05) is 23.2 Å². The van der Waals surface area contributed by atoms with Gasteiger partial charge in [-0.05, 0) is 43.9 Å². The summed E-state index contributed by atoms with van der Waals surface area (Å²) in [4.78, 5) is 0. The zero-order chi connectivity index (χ0) is 13.2. The molecule has 0 bridgehead atoms. The fraction of sp³-hybridized carbons (Fsp3) is 0.467. The lowest BCUT2D eigenvalue weighted by atomic mass is 10.1. The van der Waals surface area contributed by atoms with E-state index in [2.05, 4.69) is 16.8 Å². The van der Waals surface area contributed by atoms with E-state index in [0.29, 0.717) is 11.1 Å². The third-order valence-corrected chi connectivity index (χ3v) is 4.28. The fourth-order valence-electron chi connectivity index (χ4n) is 2.77. The van der Waals surface area contributed by atoms with Gasteiger partial charge in [-0.3, -0.25) is 0 Å². The maximum atomic E-state index is 6.20. The van der Waals surface area contributed by atoms with Crippen LogP contribution in [0.5, 0.6) is 0 Å². The molecule has 0 radical (unpaired) electrons. The molecule has 0 amide bonds. The van der Waals surface area contributed by atoms with Crippen molar-refractivity contribution in [3.05, 3.63) is 34.4 Å². The highest BCUT2D eigenvalue weighted by molar-refractivity contribution is 6.38. The summed E-state index contributed by atoms with van der Waals surface area (Å²) >= 11 is 12.3. The van der Waals surface area contributed by atoms with Crippen LogP contribution in [0.1, 0.15) is 25.7 Å². The second-order valence-corrected chi connectivity index (χ2v) is 5.95. The van der Waals surface area contributed by atoms with Crippen LogP contribution in [0.4, 0.5) is 0 Å². The van der Waals surface area contributed by atoms with Gasteiger partial charge in [0.05, 0.1) is 16.6 Å².